The maximum Gasteiger partial charge on any atom is 0.242 e. The Hall–Kier alpha value is -2.78. The lowest BCUT2D eigenvalue weighted by atomic mass is 10.1. The van der Waals surface area contributed by atoms with Crippen LogP contribution in [-0.4, -0.2) is 55.1 Å². The van der Waals surface area contributed by atoms with Crippen LogP contribution in [0.15, 0.2) is 59.5 Å². The van der Waals surface area contributed by atoms with Gasteiger partial charge >= 0.3 is 0 Å². The quantitative estimate of drug-likeness (QED) is 0.492. The van der Waals surface area contributed by atoms with Gasteiger partial charge in [-0.25, -0.2) is 17.1 Å². The Morgan fingerprint density at radius 3 is 2.26 bits per heavy atom. The molecule has 0 spiro atoms. The molecule has 2 amide bonds. The molecule has 0 bridgehead atoms. The highest BCUT2D eigenvalue weighted by Gasteiger charge is 2.28. The second-order valence-electron chi connectivity index (χ2n) is 8.35. The van der Waals surface area contributed by atoms with E-state index in [1.54, 1.807) is 43.3 Å². The largest absolute Gasteiger partial charge is 0.352 e. The van der Waals surface area contributed by atoms with Crippen LogP contribution in [0.2, 0.25) is 0 Å². The van der Waals surface area contributed by atoms with Gasteiger partial charge in [0.05, 0.1) is 4.90 Å². The van der Waals surface area contributed by atoms with E-state index in [4.69, 9.17) is 0 Å². The predicted molar refractivity (Wildman–Crippen MR) is 130 cm³/mol. The Morgan fingerprint density at radius 2 is 1.65 bits per heavy atom. The fraction of sp³-hybridized carbons (Fsp3) is 0.440. The number of amides is 2. The number of halogens is 1. The van der Waals surface area contributed by atoms with E-state index in [0.29, 0.717) is 5.56 Å². The molecule has 34 heavy (non-hydrogen) atoms. The average molecular weight is 492 g/mol. The van der Waals surface area contributed by atoms with Gasteiger partial charge in [0.25, 0.3) is 0 Å². The van der Waals surface area contributed by atoms with Gasteiger partial charge in [-0.05, 0) is 44.9 Å². The number of sulfonamides is 1. The highest BCUT2D eigenvalue weighted by molar-refractivity contribution is 7.89. The molecular formula is C25H34FN3O4S. The molecule has 9 heteroatoms. The molecule has 0 unspecified atom stereocenters. The summed E-state index contributed by atoms with van der Waals surface area (Å²) in [7, 11) is -2.20. The first-order valence-corrected chi connectivity index (χ1v) is 12.9. The molecule has 186 valence electrons. The van der Waals surface area contributed by atoms with E-state index >= 15 is 0 Å². The van der Waals surface area contributed by atoms with Gasteiger partial charge in [-0.1, -0.05) is 43.3 Å². The highest BCUT2D eigenvalue weighted by atomic mass is 32.2. The fourth-order valence-electron chi connectivity index (χ4n) is 3.35. The minimum absolute atomic E-state index is 0.0179. The van der Waals surface area contributed by atoms with Gasteiger partial charge in [0.15, 0.2) is 0 Å². The van der Waals surface area contributed by atoms with Gasteiger partial charge in [0, 0.05) is 38.2 Å². The van der Waals surface area contributed by atoms with Crippen molar-refractivity contribution in [3.8, 4) is 0 Å². The number of hydrogen-bond donors (Lipinski definition) is 1. The van der Waals surface area contributed by atoms with E-state index in [1.807, 2.05) is 13.8 Å². The Bertz CT molecular complexity index is 1060. The molecule has 0 aliphatic rings. The molecule has 0 aliphatic heterocycles. The van der Waals surface area contributed by atoms with Gasteiger partial charge in [-0.3, -0.25) is 9.59 Å². The van der Waals surface area contributed by atoms with Crippen LogP contribution in [0.25, 0.3) is 0 Å². The second-order valence-corrected chi connectivity index (χ2v) is 10.4. The predicted octanol–water partition coefficient (Wildman–Crippen LogP) is 3.56. The summed E-state index contributed by atoms with van der Waals surface area (Å²) in [5.41, 5.74) is 0.308. The topological polar surface area (TPSA) is 86.8 Å². The molecule has 1 N–H and O–H groups in total. The number of nitrogens with one attached hydrogen (secondary N) is 1. The van der Waals surface area contributed by atoms with Crippen molar-refractivity contribution in [1.29, 1.82) is 0 Å². The van der Waals surface area contributed by atoms with Gasteiger partial charge in [0.1, 0.15) is 11.9 Å². The molecule has 2 atom stereocenters. The molecule has 0 radical (unpaired) electrons. The monoisotopic (exact) mass is 491 g/mol. The molecule has 0 saturated carbocycles. The molecule has 0 heterocycles. The fourth-order valence-corrected chi connectivity index (χ4v) is 4.58. The molecule has 0 fully saturated rings. The van der Waals surface area contributed by atoms with Crippen LogP contribution in [-0.2, 0) is 26.2 Å². The van der Waals surface area contributed by atoms with Crippen LogP contribution in [0.4, 0.5) is 4.39 Å². The first kappa shape index (κ1) is 27.5. The van der Waals surface area contributed by atoms with E-state index in [2.05, 4.69) is 5.32 Å². The molecule has 7 nitrogen and oxygen atoms in total. The van der Waals surface area contributed by atoms with Crippen molar-refractivity contribution in [3.63, 3.8) is 0 Å². The van der Waals surface area contributed by atoms with Crippen LogP contribution in [0.3, 0.4) is 0 Å². The van der Waals surface area contributed by atoms with E-state index in [0.717, 1.165) is 6.42 Å². The summed E-state index contributed by atoms with van der Waals surface area (Å²) < 4.78 is 40.9. The van der Waals surface area contributed by atoms with E-state index in [1.165, 1.54) is 34.5 Å². The van der Waals surface area contributed by atoms with Crippen molar-refractivity contribution < 1.29 is 22.4 Å². The summed E-state index contributed by atoms with van der Waals surface area (Å²) in [5, 5.41) is 2.86. The number of rotatable bonds is 12. The zero-order chi connectivity index (χ0) is 25.3. The number of carbonyl (C=O) groups is 2. The summed E-state index contributed by atoms with van der Waals surface area (Å²) in [5.74, 6) is -1.12. The lowest BCUT2D eigenvalue weighted by molar-refractivity contribution is -0.141. The normalized spacial score (nSPS) is 13.4. The number of hydrogen-bond acceptors (Lipinski definition) is 4. The summed E-state index contributed by atoms with van der Waals surface area (Å²) in [4.78, 5) is 27.4. The van der Waals surface area contributed by atoms with Crippen LogP contribution >= 0.6 is 0 Å². The number of benzene rings is 2. The third-order valence-electron chi connectivity index (χ3n) is 5.78. The first-order valence-electron chi connectivity index (χ1n) is 11.4. The standard InChI is InChI=1S/C25H34FN3O4S/c1-5-19(2)27-25(31)20(3)29(18-21-12-9-10-15-23(21)26)24(30)16-11-17-28(4)34(32,33)22-13-7-6-8-14-22/h6-10,12-15,19-20H,5,11,16-18H2,1-4H3,(H,27,31)/t19-,20+/m1/s1. The number of carbonyl (C=O) groups excluding carboxylic acids is 2. The Morgan fingerprint density at radius 1 is 1.03 bits per heavy atom. The molecule has 0 aliphatic carbocycles. The van der Waals surface area contributed by atoms with Crippen LogP contribution < -0.4 is 5.32 Å². The van der Waals surface area contributed by atoms with Crippen molar-refractivity contribution in [2.75, 3.05) is 13.6 Å². The first-order chi connectivity index (χ1) is 16.1. The van der Waals surface area contributed by atoms with E-state index in [-0.39, 0.29) is 48.7 Å². The zero-order valence-corrected chi connectivity index (χ0v) is 21.0. The van der Waals surface area contributed by atoms with Crippen molar-refractivity contribution in [3.05, 3.63) is 66.0 Å². The molecular weight excluding hydrogens is 457 g/mol. The minimum atomic E-state index is -3.66. The molecule has 2 aromatic rings. The van der Waals surface area contributed by atoms with Gasteiger partial charge in [-0.2, -0.15) is 0 Å². The van der Waals surface area contributed by atoms with Crippen molar-refractivity contribution in [2.45, 2.75) is 63.6 Å². The summed E-state index contributed by atoms with van der Waals surface area (Å²) in [6, 6.07) is 13.3. The highest BCUT2D eigenvalue weighted by Crippen LogP contribution is 2.17. The molecule has 2 rings (SSSR count). The van der Waals surface area contributed by atoms with Crippen LogP contribution in [0.1, 0.15) is 45.6 Å². The minimum Gasteiger partial charge on any atom is -0.352 e. The Labute approximate surface area is 202 Å². The van der Waals surface area contributed by atoms with Crippen LogP contribution in [0.5, 0.6) is 0 Å². The maximum atomic E-state index is 14.3. The van der Waals surface area contributed by atoms with E-state index in [9.17, 15) is 22.4 Å². The van der Waals surface area contributed by atoms with Crippen molar-refractivity contribution >= 4 is 21.8 Å². The Kier molecular flexibility index (Phi) is 10.2. The molecule has 2 aromatic carbocycles. The third kappa shape index (κ3) is 7.36. The lowest BCUT2D eigenvalue weighted by Crippen LogP contribution is -2.49. The summed E-state index contributed by atoms with van der Waals surface area (Å²) in [6.07, 6.45) is 1.01. The average Bonchev–Trinajstić information content (AvgIpc) is 2.83. The van der Waals surface area contributed by atoms with Gasteiger partial charge in [-0.15, -0.1) is 0 Å². The number of nitrogens with zero attached hydrogens (tertiary/aromatic N) is 2. The summed E-state index contributed by atoms with van der Waals surface area (Å²) >= 11 is 0. The van der Waals surface area contributed by atoms with Crippen molar-refractivity contribution in [1.82, 2.24) is 14.5 Å². The smallest absolute Gasteiger partial charge is 0.242 e. The lowest BCUT2D eigenvalue weighted by Gasteiger charge is -2.30. The van der Waals surface area contributed by atoms with E-state index < -0.39 is 21.9 Å². The zero-order valence-electron chi connectivity index (χ0n) is 20.2. The third-order valence-corrected chi connectivity index (χ3v) is 7.65. The SMILES string of the molecule is CC[C@@H](C)NC(=O)[C@H](C)N(Cc1ccccc1F)C(=O)CCCN(C)S(=O)(=O)c1ccccc1. The molecule has 0 aromatic heterocycles. The Balaban J connectivity index is 2.10. The van der Waals surface area contributed by atoms with Gasteiger partial charge in [0.2, 0.25) is 21.8 Å². The maximum absolute atomic E-state index is 14.3. The van der Waals surface area contributed by atoms with Crippen LogP contribution in [0, 0.1) is 5.82 Å². The molecule has 0 saturated heterocycles. The van der Waals surface area contributed by atoms with Crippen molar-refractivity contribution in [2.24, 2.45) is 0 Å². The second kappa shape index (κ2) is 12.6. The van der Waals surface area contributed by atoms with Gasteiger partial charge < -0.3 is 10.2 Å². The summed E-state index contributed by atoms with van der Waals surface area (Å²) in [6.45, 7) is 5.50.